The zero-order chi connectivity index (χ0) is 9.68. The van der Waals surface area contributed by atoms with Gasteiger partial charge in [0.2, 0.25) is 0 Å². The molecule has 1 unspecified atom stereocenters. The van der Waals surface area contributed by atoms with Gasteiger partial charge in [0.25, 0.3) is 0 Å². The molecule has 1 aromatic carbocycles. The van der Waals surface area contributed by atoms with Crippen LogP contribution in [0.4, 0.5) is 4.39 Å². The Balaban J connectivity index is 2.49. The van der Waals surface area contributed by atoms with Gasteiger partial charge in [0.05, 0.1) is 6.61 Å². The lowest BCUT2D eigenvalue weighted by atomic mass is 10.2. The van der Waals surface area contributed by atoms with Gasteiger partial charge in [0, 0.05) is 12.0 Å². The van der Waals surface area contributed by atoms with E-state index in [1.54, 1.807) is 19.1 Å². The highest BCUT2D eigenvalue weighted by Crippen LogP contribution is 2.12. The van der Waals surface area contributed by atoms with Crippen molar-refractivity contribution in [3.05, 3.63) is 30.1 Å². The zero-order valence-corrected chi connectivity index (χ0v) is 7.37. The van der Waals surface area contributed by atoms with Gasteiger partial charge in [-0.1, -0.05) is 13.0 Å². The van der Waals surface area contributed by atoms with Crippen molar-refractivity contribution in [3.8, 4) is 5.75 Å². The fourth-order valence-corrected chi connectivity index (χ4v) is 0.824. The Hall–Kier alpha value is -1.38. The van der Waals surface area contributed by atoms with Crippen molar-refractivity contribution in [2.24, 2.45) is 5.92 Å². The van der Waals surface area contributed by atoms with Crippen LogP contribution in [0.1, 0.15) is 6.92 Å². The quantitative estimate of drug-likeness (QED) is 0.666. The van der Waals surface area contributed by atoms with Crippen LogP contribution < -0.4 is 4.74 Å². The Kier molecular flexibility index (Phi) is 3.43. The summed E-state index contributed by atoms with van der Waals surface area (Å²) in [6, 6.07) is 5.85. The number of hydrogen-bond acceptors (Lipinski definition) is 2. The molecule has 2 nitrogen and oxygen atoms in total. The van der Waals surface area contributed by atoms with E-state index in [9.17, 15) is 9.18 Å². The van der Waals surface area contributed by atoms with Crippen LogP contribution in [0.3, 0.4) is 0 Å². The van der Waals surface area contributed by atoms with E-state index < -0.39 is 0 Å². The number of halogens is 1. The van der Waals surface area contributed by atoms with Gasteiger partial charge >= 0.3 is 0 Å². The molecule has 70 valence electrons. The maximum atomic E-state index is 12.6. The summed E-state index contributed by atoms with van der Waals surface area (Å²) < 4.78 is 17.8. The van der Waals surface area contributed by atoms with E-state index in [1.807, 2.05) is 0 Å². The van der Waals surface area contributed by atoms with Crippen molar-refractivity contribution in [2.75, 3.05) is 6.61 Å². The molecule has 0 amide bonds. The maximum Gasteiger partial charge on any atom is 0.126 e. The van der Waals surface area contributed by atoms with Crippen molar-refractivity contribution in [3.63, 3.8) is 0 Å². The number of carbonyl (C=O) groups is 1. The van der Waals surface area contributed by atoms with Crippen LogP contribution in [0.15, 0.2) is 24.3 Å². The molecule has 0 bridgehead atoms. The van der Waals surface area contributed by atoms with E-state index in [1.165, 1.54) is 12.1 Å². The minimum atomic E-state index is -0.337. The lowest BCUT2D eigenvalue weighted by molar-refractivity contribution is -0.111. The third kappa shape index (κ3) is 3.23. The molecule has 1 aromatic rings. The van der Waals surface area contributed by atoms with Gasteiger partial charge < -0.3 is 9.53 Å². The van der Waals surface area contributed by atoms with Gasteiger partial charge in [-0.15, -0.1) is 0 Å². The van der Waals surface area contributed by atoms with Crippen molar-refractivity contribution < 1.29 is 13.9 Å². The molecule has 0 N–H and O–H groups in total. The van der Waals surface area contributed by atoms with E-state index in [0.717, 1.165) is 6.29 Å². The topological polar surface area (TPSA) is 26.3 Å². The molecule has 1 atom stereocenters. The predicted octanol–water partition coefficient (Wildman–Crippen LogP) is 2.04. The summed E-state index contributed by atoms with van der Waals surface area (Å²) in [6.07, 6.45) is 0.805. The standard InChI is InChI=1S/C10H11FO2/c1-8(6-12)7-13-10-4-2-3-9(11)5-10/h2-6,8H,7H2,1H3. The van der Waals surface area contributed by atoms with E-state index in [-0.39, 0.29) is 18.3 Å². The molecule has 3 heteroatoms. The van der Waals surface area contributed by atoms with Crippen LogP contribution in [0.5, 0.6) is 5.75 Å². The smallest absolute Gasteiger partial charge is 0.126 e. The SMILES string of the molecule is CC(C=O)COc1cccc(F)c1. The van der Waals surface area contributed by atoms with Gasteiger partial charge in [-0.2, -0.15) is 0 Å². The van der Waals surface area contributed by atoms with Crippen molar-refractivity contribution >= 4 is 6.29 Å². The van der Waals surface area contributed by atoms with Crippen LogP contribution in [-0.4, -0.2) is 12.9 Å². The summed E-state index contributed by atoms with van der Waals surface area (Å²) in [7, 11) is 0. The second-order valence-corrected chi connectivity index (χ2v) is 2.88. The summed E-state index contributed by atoms with van der Waals surface area (Å²) >= 11 is 0. The number of carbonyl (C=O) groups excluding carboxylic acids is 1. The molecular weight excluding hydrogens is 171 g/mol. The first-order chi connectivity index (χ1) is 6.22. The lowest BCUT2D eigenvalue weighted by Gasteiger charge is -2.07. The number of hydrogen-bond donors (Lipinski definition) is 0. The van der Waals surface area contributed by atoms with Gasteiger partial charge in [-0.3, -0.25) is 0 Å². The Bertz CT molecular complexity index is 286. The molecule has 0 aliphatic carbocycles. The fraction of sp³-hybridized carbons (Fsp3) is 0.300. The van der Waals surface area contributed by atoms with E-state index in [0.29, 0.717) is 5.75 Å². The van der Waals surface area contributed by atoms with E-state index >= 15 is 0 Å². The minimum Gasteiger partial charge on any atom is -0.493 e. The second-order valence-electron chi connectivity index (χ2n) is 2.88. The summed E-state index contributed by atoms with van der Waals surface area (Å²) in [5.41, 5.74) is 0. The molecule has 0 fully saturated rings. The molecule has 0 aromatic heterocycles. The third-order valence-corrected chi connectivity index (χ3v) is 1.54. The molecule has 0 saturated heterocycles. The largest absolute Gasteiger partial charge is 0.493 e. The Morgan fingerprint density at radius 2 is 2.38 bits per heavy atom. The summed E-state index contributed by atoms with van der Waals surface area (Å²) in [5.74, 6) is -0.0479. The maximum absolute atomic E-state index is 12.6. The minimum absolute atomic E-state index is 0.164. The van der Waals surface area contributed by atoms with Crippen LogP contribution >= 0.6 is 0 Å². The van der Waals surface area contributed by atoms with E-state index in [2.05, 4.69) is 0 Å². The molecule has 0 heterocycles. The Labute approximate surface area is 76.3 Å². The first-order valence-corrected chi connectivity index (χ1v) is 4.06. The predicted molar refractivity (Wildman–Crippen MR) is 47.1 cm³/mol. The van der Waals surface area contributed by atoms with Crippen molar-refractivity contribution in [1.82, 2.24) is 0 Å². The summed E-state index contributed by atoms with van der Waals surface area (Å²) in [5, 5.41) is 0. The van der Waals surface area contributed by atoms with Crippen LogP contribution in [-0.2, 0) is 4.79 Å². The molecule has 0 aliphatic rings. The Morgan fingerprint density at radius 1 is 1.62 bits per heavy atom. The highest BCUT2D eigenvalue weighted by molar-refractivity contribution is 5.52. The van der Waals surface area contributed by atoms with Crippen LogP contribution in [0.25, 0.3) is 0 Å². The molecule has 1 rings (SSSR count). The van der Waals surface area contributed by atoms with Crippen molar-refractivity contribution in [2.45, 2.75) is 6.92 Å². The third-order valence-electron chi connectivity index (χ3n) is 1.54. The fourth-order valence-electron chi connectivity index (χ4n) is 0.824. The molecule has 0 aliphatic heterocycles. The van der Waals surface area contributed by atoms with Crippen molar-refractivity contribution in [1.29, 1.82) is 0 Å². The number of ether oxygens (including phenoxy) is 1. The molecule has 13 heavy (non-hydrogen) atoms. The second kappa shape index (κ2) is 4.60. The zero-order valence-electron chi connectivity index (χ0n) is 7.37. The van der Waals surface area contributed by atoms with Gasteiger partial charge in [0.1, 0.15) is 17.9 Å². The monoisotopic (exact) mass is 182 g/mol. The number of benzene rings is 1. The first kappa shape index (κ1) is 9.71. The average Bonchev–Trinajstić information content (AvgIpc) is 2.14. The van der Waals surface area contributed by atoms with Crippen LogP contribution in [0, 0.1) is 11.7 Å². The first-order valence-electron chi connectivity index (χ1n) is 4.06. The van der Waals surface area contributed by atoms with Gasteiger partial charge in [-0.05, 0) is 12.1 Å². The highest BCUT2D eigenvalue weighted by atomic mass is 19.1. The number of aldehydes is 1. The summed E-state index contributed by atoms with van der Waals surface area (Å²) in [6.45, 7) is 2.03. The average molecular weight is 182 g/mol. The Morgan fingerprint density at radius 3 is 3.00 bits per heavy atom. The molecular formula is C10H11FO2. The van der Waals surface area contributed by atoms with Gasteiger partial charge in [-0.25, -0.2) is 4.39 Å². The lowest BCUT2D eigenvalue weighted by Crippen LogP contribution is -2.09. The van der Waals surface area contributed by atoms with E-state index in [4.69, 9.17) is 4.74 Å². The normalized spacial score (nSPS) is 12.2. The molecule has 0 spiro atoms. The molecule has 0 radical (unpaired) electrons. The van der Waals surface area contributed by atoms with Crippen LogP contribution in [0.2, 0.25) is 0 Å². The number of rotatable bonds is 4. The molecule has 0 saturated carbocycles. The summed E-state index contributed by atoms with van der Waals surface area (Å²) in [4.78, 5) is 10.2. The highest BCUT2D eigenvalue weighted by Gasteiger charge is 2.01. The van der Waals surface area contributed by atoms with Gasteiger partial charge in [0.15, 0.2) is 0 Å².